The van der Waals surface area contributed by atoms with Gasteiger partial charge in [0.2, 0.25) is 5.91 Å². The topological polar surface area (TPSA) is 55.8 Å². The lowest BCUT2D eigenvalue weighted by molar-refractivity contribution is -0.118. The molecule has 0 fully saturated rings. The molecule has 0 aliphatic carbocycles. The van der Waals surface area contributed by atoms with Crippen LogP contribution >= 0.6 is 0 Å². The zero-order valence-corrected chi connectivity index (χ0v) is 14.5. The Morgan fingerprint density at radius 2 is 1.84 bits per heavy atom. The van der Waals surface area contributed by atoms with Crippen molar-refractivity contribution in [1.29, 1.82) is 0 Å². The summed E-state index contributed by atoms with van der Waals surface area (Å²) < 4.78 is 10.4. The van der Waals surface area contributed by atoms with Gasteiger partial charge in [-0.2, -0.15) is 0 Å². The van der Waals surface area contributed by atoms with Crippen LogP contribution in [-0.2, 0) is 11.2 Å². The van der Waals surface area contributed by atoms with Crippen LogP contribution in [0.1, 0.15) is 28.8 Å². The monoisotopic (exact) mass is 339 g/mol. The molecule has 1 aliphatic rings. The molecular weight excluding hydrogens is 318 g/mol. The molecule has 0 atom stereocenters. The Kier molecular flexibility index (Phi) is 5.03. The fourth-order valence-electron chi connectivity index (χ4n) is 3.04. The molecule has 5 heteroatoms. The first-order valence-corrected chi connectivity index (χ1v) is 8.27. The van der Waals surface area contributed by atoms with E-state index in [0.717, 1.165) is 11.3 Å². The van der Waals surface area contributed by atoms with Crippen LogP contribution < -0.4 is 14.4 Å². The summed E-state index contributed by atoms with van der Waals surface area (Å²) in [4.78, 5) is 26.6. The second-order valence-electron chi connectivity index (χ2n) is 5.95. The van der Waals surface area contributed by atoms with Crippen molar-refractivity contribution in [3.05, 3.63) is 53.6 Å². The first-order valence-electron chi connectivity index (χ1n) is 8.27. The molecule has 1 amide bonds. The highest BCUT2D eigenvalue weighted by Gasteiger charge is 2.27. The van der Waals surface area contributed by atoms with Crippen molar-refractivity contribution in [3.63, 3.8) is 0 Å². The fraction of sp³-hybridized carbons (Fsp3) is 0.300. The normalized spacial score (nSPS) is 13.4. The molecule has 2 aromatic rings. The Morgan fingerprint density at radius 3 is 2.60 bits per heavy atom. The van der Waals surface area contributed by atoms with Crippen LogP contribution in [-0.4, -0.2) is 32.5 Å². The van der Waals surface area contributed by atoms with Gasteiger partial charge in [0.05, 0.1) is 19.9 Å². The summed E-state index contributed by atoms with van der Waals surface area (Å²) in [5.41, 5.74) is 2.28. The van der Waals surface area contributed by atoms with Crippen LogP contribution in [0.25, 0.3) is 0 Å². The third kappa shape index (κ3) is 3.65. The number of Topliss-reactive ketones (excluding diaryl/α,β-unsaturated/α-hetero) is 1. The van der Waals surface area contributed by atoms with E-state index in [1.54, 1.807) is 37.3 Å². The highest BCUT2D eigenvalue weighted by molar-refractivity contribution is 6.09. The minimum absolute atomic E-state index is 0.0155. The van der Waals surface area contributed by atoms with E-state index >= 15 is 0 Å². The van der Waals surface area contributed by atoms with Crippen molar-refractivity contribution in [2.24, 2.45) is 0 Å². The van der Waals surface area contributed by atoms with Crippen LogP contribution in [0.5, 0.6) is 11.5 Å². The van der Waals surface area contributed by atoms with E-state index in [1.165, 1.54) is 0 Å². The predicted octanol–water partition coefficient (Wildman–Crippen LogP) is 3.26. The first kappa shape index (κ1) is 17.0. The number of hydrogen-bond donors (Lipinski definition) is 0. The number of fused-ring (bicyclic) bond motifs is 1. The van der Waals surface area contributed by atoms with Crippen LogP contribution in [0.15, 0.2) is 42.5 Å². The van der Waals surface area contributed by atoms with Gasteiger partial charge in [0.1, 0.15) is 11.5 Å². The zero-order chi connectivity index (χ0) is 17.8. The second-order valence-corrected chi connectivity index (χ2v) is 5.95. The molecule has 3 rings (SSSR count). The lowest BCUT2D eigenvalue weighted by Gasteiger charge is -2.29. The summed E-state index contributed by atoms with van der Waals surface area (Å²) in [5.74, 6) is 1.47. The van der Waals surface area contributed by atoms with Crippen molar-refractivity contribution < 1.29 is 19.1 Å². The number of hydrogen-bond acceptors (Lipinski definition) is 4. The van der Waals surface area contributed by atoms with Crippen molar-refractivity contribution >= 4 is 17.4 Å². The molecule has 0 aromatic heterocycles. The molecule has 0 unspecified atom stereocenters. The minimum atomic E-state index is 0.0155. The number of carbonyl (C=O) groups is 2. The van der Waals surface area contributed by atoms with Gasteiger partial charge >= 0.3 is 0 Å². The number of rotatable bonds is 5. The van der Waals surface area contributed by atoms with Gasteiger partial charge in [-0.15, -0.1) is 0 Å². The highest BCUT2D eigenvalue weighted by atomic mass is 16.5. The zero-order valence-electron chi connectivity index (χ0n) is 14.5. The summed E-state index contributed by atoms with van der Waals surface area (Å²) in [6.45, 7) is 0.426. The number of carbonyl (C=O) groups excluding carboxylic acids is 2. The van der Waals surface area contributed by atoms with Crippen LogP contribution in [0, 0.1) is 0 Å². The van der Waals surface area contributed by atoms with Crippen LogP contribution in [0.3, 0.4) is 0 Å². The molecule has 25 heavy (non-hydrogen) atoms. The molecule has 1 heterocycles. The largest absolute Gasteiger partial charge is 0.497 e. The Bertz CT molecular complexity index is 800. The van der Waals surface area contributed by atoms with Gasteiger partial charge in [-0.05, 0) is 42.3 Å². The Balaban J connectivity index is 1.74. The number of aryl methyl sites for hydroxylation is 1. The Labute approximate surface area is 147 Å². The van der Waals surface area contributed by atoms with E-state index in [2.05, 4.69) is 0 Å². The van der Waals surface area contributed by atoms with Gasteiger partial charge in [-0.3, -0.25) is 9.59 Å². The van der Waals surface area contributed by atoms with E-state index in [0.29, 0.717) is 42.8 Å². The minimum Gasteiger partial charge on any atom is -0.497 e. The van der Waals surface area contributed by atoms with Gasteiger partial charge in [0, 0.05) is 24.9 Å². The van der Waals surface area contributed by atoms with E-state index in [1.807, 2.05) is 24.3 Å². The molecule has 2 aromatic carbocycles. The molecule has 1 aliphatic heterocycles. The van der Waals surface area contributed by atoms with E-state index in [9.17, 15) is 9.59 Å². The molecule has 130 valence electrons. The lowest BCUT2D eigenvalue weighted by atomic mass is 9.99. The second kappa shape index (κ2) is 7.38. The summed E-state index contributed by atoms with van der Waals surface area (Å²) in [6, 6.07) is 13.0. The van der Waals surface area contributed by atoms with E-state index < -0.39 is 0 Å². The maximum atomic E-state index is 12.7. The lowest BCUT2D eigenvalue weighted by Crippen LogP contribution is -2.37. The number of ketones is 1. The number of anilines is 1. The van der Waals surface area contributed by atoms with Gasteiger partial charge in [-0.1, -0.05) is 12.1 Å². The molecule has 5 nitrogen and oxygen atoms in total. The number of nitrogens with zero attached hydrogens (tertiary/aromatic N) is 1. The third-order valence-corrected chi connectivity index (χ3v) is 4.42. The van der Waals surface area contributed by atoms with E-state index in [4.69, 9.17) is 9.47 Å². The highest BCUT2D eigenvalue weighted by Crippen LogP contribution is 2.31. The average molecular weight is 339 g/mol. The van der Waals surface area contributed by atoms with Gasteiger partial charge in [-0.25, -0.2) is 0 Å². The van der Waals surface area contributed by atoms with Gasteiger partial charge < -0.3 is 14.4 Å². The number of ether oxygens (including phenoxy) is 2. The summed E-state index contributed by atoms with van der Waals surface area (Å²) >= 11 is 0. The van der Waals surface area contributed by atoms with Crippen LogP contribution in [0.4, 0.5) is 5.69 Å². The number of amides is 1. The Morgan fingerprint density at radius 1 is 1.08 bits per heavy atom. The average Bonchev–Trinajstić information content (AvgIpc) is 2.66. The molecular formula is C20H21NO4. The first-order chi connectivity index (χ1) is 12.1. The number of benzene rings is 2. The molecule has 0 saturated heterocycles. The fourth-order valence-corrected chi connectivity index (χ4v) is 3.04. The van der Waals surface area contributed by atoms with E-state index in [-0.39, 0.29) is 11.7 Å². The predicted molar refractivity (Wildman–Crippen MR) is 95.6 cm³/mol. The summed E-state index contributed by atoms with van der Waals surface area (Å²) in [7, 11) is 3.19. The van der Waals surface area contributed by atoms with Gasteiger partial charge in [0.15, 0.2) is 5.78 Å². The van der Waals surface area contributed by atoms with Crippen molar-refractivity contribution in [2.75, 3.05) is 25.7 Å². The number of methoxy groups -OCH3 is 2. The molecule has 0 N–H and O–H groups in total. The van der Waals surface area contributed by atoms with Crippen molar-refractivity contribution in [1.82, 2.24) is 0 Å². The third-order valence-electron chi connectivity index (χ3n) is 4.42. The molecule has 0 bridgehead atoms. The maximum absolute atomic E-state index is 12.7. The summed E-state index contributed by atoms with van der Waals surface area (Å²) in [5, 5.41) is 0. The van der Waals surface area contributed by atoms with Crippen LogP contribution in [0.2, 0.25) is 0 Å². The Hall–Kier alpha value is -2.82. The summed E-state index contributed by atoms with van der Waals surface area (Å²) in [6.07, 6.45) is 1.35. The smallest absolute Gasteiger partial charge is 0.227 e. The standard InChI is InChI=1S/C20H21NO4/c1-24-15-5-3-4-14(12-15)6-9-20(23)21-11-10-19(22)17-13-16(25-2)7-8-18(17)21/h3-5,7-8,12-13H,6,9-11H2,1-2H3. The SMILES string of the molecule is COc1cccc(CCC(=O)N2CCC(=O)c3cc(OC)ccc32)c1. The molecule has 0 radical (unpaired) electrons. The quantitative estimate of drug-likeness (QED) is 0.839. The van der Waals surface area contributed by atoms with Gasteiger partial charge in [0.25, 0.3) is 0 Å². The molecule has 0 spiro atoms. The molecule has 0 saturated carbocycles. The van der Waals surface area contributed by atoms with Crippen molar-refractivity contribution in [2.45, 2.75) is 19.3 Å². The maximum Gasteiger partial charge on any atom is 0.227 e. The van der Waals surface area contributed by atoms with Crippen molar-refractivity contribution in [3.8, 4) is 11.5 Å².